The van der Waals surface area contributed by atoms with Crippen LogP contribution in [-0.2, 0) is 9.53 Å². The van der Waals surface area contributed by atoms with Crippen LogP contribution in [0.25, 0.3) is 0 Å². The van der Waals surface area contributed by atoms with Crippen molar-refractivity contribution in [2.75, 3.05) is 6.61 Å². The van der Waals surface area contributed by atoms with Gasteiger partial charge in [0.15, 0.2) is 5.17 Å². The molecule has 0 saturated carbocycles. The number of esters is 1. The average molecular weight is 311 g/mol. The van der Waals surface area contributed by atoms with Crippen LogP contribution >= 0.6 is 23.4 Å². The van der Waals surface area contributed by atoms with Gasteiger partial charge in [-0.2, -0.15) is 0 Å². The first-order valence-corrected chi connectivity index (χ1v) is 7.51. The van der Waals surface area contributed by atoms with Crippen LogP contribution in [0, 0.1) is 6.92 Å². The third-order valence-corrected chi connectivity index (χ3v) is 4.40. The summed E-state index contributed by atoms with van der Waals surface area (Å²) in [6.45, 7) is 5.86. The molecule has 20 heavy (non-hydrogen) atoms. The summed E-state index contributed by atoms with van der Waals surface area (Å²) < 4.78 is 5.02. The summed E-state index contributed by atoms with van der Waals surface area (Å²) in [4.78, 5) is 20.6. The summed E-state index contributed by atoms with van der Waals surface area (Å²) in [5.74, 6) is -0.272. The molecule has 1 aliphatic rings. The van der Waals surface area contributed by atoms with Crippen LogP contribution in [0.15, 0.2) is 28.2 Å². The Morgan fingerprint density at radius 1 is 1.50 bits per heavy atom. The zero-order valence-electron chi connectivity index (χ0n) is 11.5. The van der Waals surface area contributed by atoms with E-state index < -0.39 is 5.25 Å². The highest BCUT2D eigenvalue weighted by Crippen LogP contribution is 2.30. The predicted molar refractivity (Wildman–Crippen MR) is 84.4 cm³/mol. The fourth-order valence-electron chi connectivity index (χ4n) is 1.73. The Hall–Kier alpha value is -1.33. The molecule has 106 valence electrons. The van der Waals surface area contributed by atoms with Crippen molar-refractivity contribution >= 4 is 45.9 Å². The van der Waals surface area contributed by atoms with Gasteiger partial charge < -0.3 is 4.74 Å². The van der Waals surface area contributed by atoms with Crippen molar-refractivity contribution in [1.82, 2.24) is 0 Å². The number of aliphatic imine (C=N–C) groups is 2. The lowest BCUT2D eigenvalue weighted by Gasteiger charge is -2.07. The molecule has 4 nitrogen and oxygen atoms in total. The SMILES string of the molecule is CCOC(=O)C1SC(=Nc2cccc(Cl)c2C)N=C1C. The van der Waals surface area contributed by atoms with E-state index in [9.17, 15) is 4.79 Å². The molecule has 1 aliphatic heterocycles. The first-order valence-electron chi connectivity index (χ1n) is 6.25. The Kier molecular flexibility index (Phi) is 4.83. The van der Waals surface area contributed by atoms with Gasteiger partial charge in [0, 0.05) is 10.7 Å². The lowest BCUT2D eigenvalue weighted by molar-refractivity contribution is -0.141. The van der Waals surface area contributed by atoms with Crippen molar-refractivity contribution < 1.29 is 9.53 Å². The highest BCUT2D eigenvalue weighted by molar-refractivity contribution is 8.16. The van der Waals surface area contributed by atoms with Crippen molar-refractivity contribution in [3.63, 3.8) is 0 Å². The molecule has 0 bridgehead atoms. The van der Waals surface area contributed by atoms with Gasteiger partial charge in [0.2, 0.25) is 0 Å². The first kappa shape index (κ1) is 15.1. The molecular formula is C14H15ClN2O2S. The van der Waals surface area contributed by atoms with E-state index in [0.29, 0.717) is 22.5 Å². The Bertz CT molecular complexity index is 599. The van der Waals surface area contributed by atoms with Crippen LogP contribution in [-0.4, -0.2) is 28.7 Å². The number of thioether (sulfide) groups is 1. The lowest BCUT2D eigenvalue weighted by atomic mass is 10.2. The molecular weight excluding hydrogens is 296 g/mol. The first-order chi connectivity index (χ1) is 9.52. The molecule has 0 N–H and O–H groups in total. The second-order valence-corrected chi connectivity index (χ2v) is 5.76. The van der Waals surface area contributed by atoms with Crippen LogP contribution in [0.4, 0.5) is 5.69 Å². The van der Waals surface area contributed by atoms with Crippen molar-refractivity contribution in [1.29, 1.82) is 0 Å². The quantitative estimate of drug-likeness (QED) is 0.798. The second kappa shape index (κ2) is 6.41. The van der Waals surface area contributed by atoms with Gasteiger partial charge in [0.25, 0.3) is 0 Å². The van der Waals surface area contributed by atoms with Crippen LogP contribution in [0.1, 0.15) is 19.4 Å². The van der Waals surface area contributed by atoms with E-state index in [1.54, 1.807) is 6.92 Å². The van der Waals surface area contributed by atoms with E-state index in [-0.39, 0.29) is 5.97 Å². The summed E-state index contributed by atoms with van der Waals surface area (Å²) in [7, 11) is 0. The number of rotatable bonds is 3. The molecule has 0 saturated heterocycles. The van der Waals surface area contributed by atoms with E-state index >= 15 is 0 Å². The average Bonchev–Trinajstić information content (AvgIpc) is 2.76. The van der Waals surface area contributed by atoms with Crippen LogP contribution in [0.3, 0.4) is 0 Å². The van der Waals surface area contributed by atoms with Crippen LogP contribution in [0.5, 0.6) is 0 Å². The van der Waals surface area contributed by atoms with E-state index in [0.717, 1.165) is 11.3 Å². The standard InChI is InChI=1S/C14H15ClN2O2S/c1-4-19-13(18)12-9(3)16-14(20-12)17-11-7-5-6-10(15)8(11)2/h5-7,12H,4H2,1-3H3. The topological polar surface area (TPSA) is 51.0 Å². The highest BCUT2D eigenvalue weighted by atomic mass is 35.5. The Morgan fingerprint density at radius 3 is 2.95 bits per heavy atom. The van der Waals surface area contributed by atoms with Gasteiger partial charge in [-0.15, -0.1) is 0 Å². The molecule has 0 aliphatic carbocycles. The molecule has 0 fully saturated rings. The largest absolute Gasteiger partial charge is 0.465 e. The minimum absolute atomic E-state index is 0.272. The van der Waals surface area contributed by atoms with Crippen molar-refractivity contribution in [3.8, 4) is 0 Å². The second-order valence-electron chi connectivity index (χ2n) is 4.28. The maximum absolute atomic E-state index is 11.8. The number of benzene rings is 1. The normalized spacial score (nSPS) is 20.1. The summed E-state index contributed by atoms with van der Waals surface area (Å²) in [6, 6.07) is 5.53. The third-order valence-electron chi connectivity index (χ3n) is 2.83. The maximum Gasteiger partial charge on any atom is 0.325 e. The number of hydrogen-bond acceptors (Lipinski definition) is 4. The van der Waals surface area contributed by atoms with Crippen LogP contribution in [0.2, 0.25) is 5.02 Å². The molecule has 1 atom stereocenters. The van der Waals surface area contributed by atoms with Gasteiger partial charge in [-0.25, -0.2) is 9.98 Å². The third kappa shape index (κ3) is 3.22. The monoisotopic (exact) mass is 310 g/mol. The molecule has 2 rings (SSSR count). The zero-order valence-corrected chi connectivity index (χ0v) is 13.1. The number of carbonyl (C=O) groups excluding carboxylic acids is 1. The summed E-state index contributed by atoms with van der Waals surface area (Å²) in [6.07, 6.45) is 0. The maximum atomic E-state index is 11.8. The molecule has 0 spiro atoms. The lowest BCUT2D eigenvalue weighted by Crippen LogP contribution is -2.24. The molecule has 0 radical (unpaired) electrons. The molecule has 1 unspecified atom stereocenters. The van der Waals surface area contributed by atoms with Crippen molar-refractivity contribution in [2.24, 2.45) is 9.98 Å². The fraction of sp³-hybridized carbons (Fsp3) is 0.357. The number of amidine groups is 1. The molecule has 0 amide bonds. The number of nitrogens with zero attached hydrogens (tertiary/aromatic N) is 2. The van der Waals surface area contributed by atoms with Gasteiger partial charge >= 0.3 is 5.97 Å². The Balaban J connectivity index is 2.22. The fourth-order valence-corrected chi connectivity index (χ4v) is 2.85. The molecule has 1 aromatic rings. The van der Waals surface area contributed by atoms with E-state index in [4.69, 9.17) is 16.3 Å². The van der Waals surface area contributed by atoms with Gasteiger partial charge in [0.1, 0.15) is 5.25 Å². The van der Waals surface area contributed by atoms with E-state index in [1.165, 1.54) is 11.8 Å². The Labute approximate surface area is 127 Å². The van der Waals surface area contributed by atoms with Crippen LogP contribution < -0.4 is 0 Å². The number of ether oxygens (including phenoxy) is 1. The van der Waals surface area contributed by atoms with Crippen molar-refractivity contribution in [2.45, 2.75) is 26.0 Å². The van der Waals surface area contributed by atoms with Gasteiger partial charge in [-0.3, -0.25) is 4.79 Å². The zero-order chi connectivity index (χ0) is 14.7. The van der Waals surface area contributed by atoms with Gasteiger partial charge in [0.05, 0.1) is 12.3 Å². The minimum Gasteiger partial charge on any atom is -0.465 e. The van der Waals surface area contributed by atoms with Crippen molar-refractivity contribution in [3.05, 3.63) is 28.8 Å². The number of hydrogen-bond donors (Lipinski definition) is 0. The summed E-state index contributed by atoms with van der Waals surface area (Å²) >= 11 is 7.37. The number of carbonyl (C=O) groups is 1. The Morgan fingerprint density at radius 2 is 2.25 bits per heavy atom. The molecule has 1 aromatic carbocycles. The van der Waals surface area contributed by atoms with E-state index in [2.05, 4.69) is 9.98 Å². The summed E-state index contributed by atoms with van der Waals surface area (Å²) in [5, 5.41) is 0.830. The van der Waals surface area contributed by atoms with Gasteiger partial charge in [-0.05, 0) is 38.5 Å². The smallest absolute Gasteiger partial charge is 0.325 e. The minimum atomic E-state index is -0.395. The molecule has 1 heterocycles. The highest BCUT2D eigenvalue weighted by Gasteiger charge is 2.31. The summed E-state index contributed by atoms with van der Waals surface area (Å²) in [5.41, 5.74) is 2.38. The van der Waals surface area contributed by atoms with E-state index in [1.807, 2.05) is 32.0 Å². The predicted octanol–water partition coefficient (Wildman–Crippen LogP) is 3.78. The number of halogens is 1. The molecule has 6 heteroatoms. The molecule has 0 aromatic heterocycles. The van der Waals surface area contributed by atoms with Gasteiger partial charge in [-0.1, -0.05) is 29.4 Å².